The zero-order chi connectivity index (χ0) is 14.8. The summed E-state index contributed by atoms with van der Waals surface area (Å²) in [7, 11) is 0. The molecule has 3 rings (SSSR count). The van der Waals surface area contributed by atoms with Gasteiger partial charge in [0.25, 0.3) is 0 Å². The van der Waals surface area contributed by atoms with Crippen molar-refractivity contribution in [1.82, 2.24) is 9.55 Å². The van der Waals surface area contributed by atoms with E-state index in [-0.39, 0.29) is 30.3 Å². The van der Waals surface area contributed by atoms with Crippen molar-refractivity contribution < 1.29 is 19.1 Å². The van der Waals surface area contributed by atoms with Gasteiger partial charge in [-0.3, -0.25) is 4.57 Å². The van der Waals surface area contributed by atoms with Crippen LogP contribution in [-0.4, -0.2) is 39.6 Å². The summed E-state index contributed by atoms with van der Waals surface area (Å²) in [5.74, 6) is -0.200. The second kappa shape index (κ2) is 5.98. The molecule has 1 fully saturated rings. The molecule has 0 N–H and O–H groups in total. The van der Waals surface area contributed by atoms with Crippen molar-refractivity contribution in [2.75, 3.05) is 6.61 Å². The first-order chi connectivity index (χ1) is 10.2. The highest BCUT2D eigenvalue weighted by Crippen LogP contribution is 2.28. The molecule has 0 aliphatic carbocycles. The van der Waals surface area contributed by atoms with Gasteiger partial charge in [-0.25, -0.2) is 0 Å². The third kappa shape index (κ3) is 3.01. The van der Waals surface area contributed by atoms with Crippen molar-refractivity contribution in [2.45, 2.75) is 57.6 Å². The molecule has 1 unspecified atom stereocenters. The molecule has 0 saturated carbocycles. The van der Waals surface area contributed by atoms with Crippen LogP contribution in [-0.2, 0) is 16.0 Å². The fourth-order valence-corrected chi connectivity index (χ4v) is 2.71. The number of rotatable bonds is 4. The van der Waals surface area contributed by atoms with Crippen LogP contribution in [0.2, 0.25) is 0 Å². The van der Waals surface area contributed by atoms with Gasteiger partial charge in [0.2, 0.25) is 0 Å². The summed E-state index contributed by atoms with van der Waals surface area (Å²) < 4.78 is 19.0. The average Bonchev–Trinajstić information content (AvgIpc) is 2.90. The minimum absolute atomic E-state index is 0.162. The minimum Gasteiger partial charge on any atom is -0.440 e. The lowest BCUT2D eigenvalue weighted by Crippen LogP contribution is -2.44. The molecule has 0 bridgehead atoms. The van der Waals surface area contributed by atoms with Crippen molar-refractivity contribution in [3.05, 3.63) is 16.3 Å². The second-order valence-electron chi connectivity index (χ2n) is 5.33. The quantitative estimate of drug-likeness (QED) is 0.622. The standard InChI is InChI=1S/C13H19N3O5/c1-2-9-10(20-12-5-3-4-6-19-12)7-15-8-11(16(17)18)14-13(15)21-9/h8-10,12H,2-7H2,1H3/t9-,10+,12?/m0/s1. The van der Waals surface area contributed by atoms with Crippen molar-refractivity contribution in [2.24, 2.45) is 0 Å². The molecule has 8 heteroatoms. The summed E-state index contributed by atoms with van der Waals surface area (Å²) in [6.45, 7) is 3.21. The van der Waals surface area contributed by atoms with Crippen LogP contribution < -0.4 is 4.74 Å². The SMILES string of the molecule is CC[C@@H]1Oc2nc([N+](=O)[O-])cn2C[C@H]1OC1CCCCO1. The second-order valence-corrected chi connectivity index (χ2v) is 5.33. The summed E-state index contributed by atoms with van der Waals surface area (Å²) in [6, 6.07) is 0.290. The van der Waals surface area contributed by atoms with E-state index in [4.69, 9.17) is 14.2 Å². The Labute approximate surface area is 122 Å². The van der Waals surface area contributed by atoms with Crippen LogP contribution in [0.5, 0.6) is 6.01 Å². The maximum Gasteiger partial charge on any atom is 0.414 e. The molecule has 0 radical (unpaired) electrons. The van der Waals surface area contributed by atoms with Gasteiger partial charge in [0.15, 0.2) is 6.29 Å². The van der Waals surface area contributed by atoms with Gasteiger partial charge >= 0.3 is 11.8 Å². The van der Waals surface area contributed by atoms with Crippen LogP contribution in [0.25, 0.3) is 0 Å². The molecular weight excluding hydrogens is 278 g/mol. The maximum absolute atomic E-state index is 10.8. The Morgan fingerprint density at radius 2 is 2.43 bits per heavy atom. The normalized spacial score (nSPS) is 28.7. The number of aromatic nitrogens is 2. The summed E-state index contributed by atoms with van der Waals surface area (Å²) in [5, 5.41) is 10.8. The van der Waals surface area contributed by atoms with Gasteiger partial charge in [-0.2, -0.15) is 0 Å². The van der Waals surface area contributed by atoms with Crippen LogP contribution in [0.3, 0.4) is 0 Å². The molecule has 21 heavy (non-hydrogen) atoms. The summed E-state index contributed by atoms with van der Waals surface area (Å²) >= 11 is 0. The van der Waals surface area contributed by atoms with Gasteiger partial charge in [0.05, 0.1) is 6.54 Å². The molecule has 2 aliphatic rings. The predicted molar refractivity (Wildman–Crippen MR) is 72.1 cm³/mol. The fourth-order valence-electron chi connectivity index (χ4n) is 2.71. The van der Waals surface area contributed by atoms with Crippen molar-refractivity contribution in [3.63, 3.8) is 0 Å². The number of hydrogen-bond donors (Lipinski definition) is 0. The van der Waals surface area contributed by atoms with Crippen LogP contribution in [0, 0.1) is 10.1 Å². The maximum atomic E-state index is 10.8. The Morgan fingerprint density at radius 3 is 3.10 bits per heavy atom. The van der Waals surface area contributed by atoms with Crippen LogP contribution in [0.4, 0.5) is 5.82 Å². The molecule has 2 aliphatic heterocycles. The third-order valence-electron chi connectivity index (χ3n) is 3.83. The van der Waals surface area contributed by atoms with E-state index in [1.807, 2.05) is 6.92 Å². The Balaban J connectivity index is 1.72. The Bertz CT molecular complexity index is 512. The number of imidazole rings is 1. The van der Waals surface area contributed by atoms with Gasteiger partial charge in [0.1, 0.15) is 18.4 Å². The number of ether oxygens (including phenoxy) is 3. The zero-order valence-electron chi connectivity index (χ0n) is 11.9. The van der Waals surface area contributed by atoms with Crippen LogP contribution >= 0.6 is 0 Å². The van der Waals surface area contributed by atoms with E-state index in [0.717, 1.165) is 32.3 Å². The van der Waals surface area contributed by atoms with E-state index in [2.05, 4.69) is 4.98 Å². The van der Waals surface area contributed by atoms with Gasteiger partial charge in [-0.15, -0.1) is 0 Å². The smallest absolute Gasteiger partial charge is 0.414 e. The number of nitrogens with zero attached hydrogens (tertiary/aromatic N) is 3. The lowest BCUT2D eigenvalue weighted by molar-refractivity contribution is -0.389. The first kappa shape index (κ1) is 14.3. The largest absolute Gasteiger partial charge is 0.440 e. The van der Waals surface area contributed by atoms with Gasteiger partial charge in [0, 0.05) is 11.6 Å². The van der Waals surface area contributed by atoms with Crippen LogP contribution in [0.15, 0.2) is 6.20 Å². The van der Waals surface area contributed by atoms with E-state index in [1.54, 1.807) is 4.57 Å². The number of fused-ring (bicyclic) bond motifs is 1. The Morgan fingerprint density at radius 1 is 1.57 bits per heavy atom. The number of nitro groups is 1. The number of hydrogen-bond acceptors (Lipinski definition) is 6. The van der Waals surface area contributed by atoms with Crippen LogP contribution in [0.1, 0.15) is 32.6 Å². The monoisotopic (exact) mass is 297 g/mol. The van der Waals surface area contributed by atoms with E-state index in [9.17, 15) is 10.1 Å². The summed E-state index contributed by atoms with van der Waals surface area (Å²) in [6.07, 6.45) is 4.62. The minimum atomic E-state index is -0.518. The van der Waals surface area contributed by atoms with Crippen molar-refractivity contribution in [1.29, 1.82) is 0 Å². The molecule has 3 heterocycles. The van der Waals surface area contributed by atoms with E-state index >= 15 is 0 Å². The topological polar surface area (TPSA) is 88.7 Å². The van der Waals surface area contributed by atoms with E-state index < -0.39 is 4.92 Å². The Hall–Kier alpha value is -1.67. The molecule has 0 aromatic carbocycles. The third-order valence-corrected chi connectivity index (χ3v) is 3.83. The summed E-state index contributed by atoms with van der Waals surface area (Å²) in [4.78, 5) is 14.2. The van der Waals surface area contributed by atoms with E-state index in [0.29, 0.717) is 6.54 Å². The molecule has 0 spiro atoms. The molecule has 0 amide bonds. The van der Waals surface area contributed by atoms with Crippen molar-refractivity contribution in [3.8, 4) is 6.01 Å². The molecular formula is C13H19N3O5. The summed E-state index contributed by atoms with van der Waals surface area (Å²) in [5.41, 5.74) is 0. The van der Waals surface area contributed by atoms with E-state index in [1.165, 1.54) is 6.20 Å². The first-order valence-corrected chi connectivity index (χ1v) is 7.32. The molecule has 116 valence electrons. The molecule has 3 atom stereocenters. The van der Waals surface area contributed by atoms with Gasteiger partial charge in [-0.05, 0) is 30.6 Å². The molecule has 1 saturated heterocycles. The zero-order valence-corrected chi connectivity index (χ0v) is 11.9. The fraction of sp³-hybridized carbons (Fsp3) is 0.769. The Kier molecular flexibility index (Phi) is 4.07. The first-order valence-electron chi connectivity index (χ1n) is 7.32. The van der Waals surface area contributed by atoms with Gasteiger partial charge in [-0.1, -0.05) is 6.92 Å². The van der Waals surface area contributed by atoms with Crippen molar-refractivity contribution >= 4 is 5.82 Å². The highest BCUT2D eigenvalue weighted by molar-refractivity contribution is 5.22. The molecule has 1 aromatic heterocycles. The van der Waals surface area contributed by atoms with Gasteiger partial charge < -0.3 is 24.3 Å². The predicted octanol–water partition coefficient (Wildman–Crippen LogP) is 1.87. The highest BCUT2D eigenvalue weighted by atomic mass is 16.7. The average molecular weight is 297 g/mol. The highest BCUT2D eigenvalue weighted by Gasteiger charge is 2.36. The lowest BCUT2D eigenvalue weighted by Gasteiger charge is -2.34. The molecule has 8 nitrogen and oxygen atoms in total. The molecule has 1 aromatic rings. The lowest BCUT2D eigenvalue weighted by atomic mass is 10.1.